The molecule has 1 atom stereocenters. The number of benzene rings is 2. The van der Waals surface area contributed by atoms with Crippen LogP contribution in [0.4, 0.5) is 11.4 Å². The van der Waals surface area contributed by atoms with Gasteiger partial charge in [0.05, 0.1) is 24.9 Å². The van der Waals surface area contributed by atoms with Crippen LogP contribution in [0.5, 0.6) is 11.5 Å². The molecular formula is C23H29ClN2O2. The first kappa shape index (κ1) is 20.5. The zero-order valence-corrected chi connectivity index (χ0v) is 18.3. The Labute approximate surface area is 173 Å². The van der Waals surface area contributed by atoms with Gasteiger partial charge in [-0.25, -0.2) is 0 Å². The maximum absolute atomic E-state index is 6.21. The van der Waals surface area contributed by atoms with E-state index in [0.717, 1.165) is 30.0 Å². The van der Waals surface area contributed by atoms with Crippen molar-refractivity contribution in [1.29, 1.82) is 0 Å². The number of fused-ring (bicyclic) bond motifs is 1. The quantitative estimate of drug-likeness (QED) is 0.558. The number of anilines is 1. The molecule has 1 heterocycles. The number of aliphatic imine (C=N–C) groups is 1. The Morgan fingerprint density at radius 2 is 1.89 bits per heavy atom. The van der Waals surface area contributed by atoms with Crippen molar-refractivity contribution in [2.45, 2.75) is 45.6 Å². The lowest BCUT2D eigenvalue weighted by atomic mass is 9.79. The minimum atomic E-state index is 0.127. The smallest absolute Gasteiger partial charge is 0.137 e. The fourth-order valence-electron chi connectivity index (χ4n) is 4.28. The molecule has 0 N–H and O–H groups in total. The first-order chi connectivity index (χ1) is 13.3. The summed E-state index contributed by atoms with van der Waals surface area (Å²) in [6.07, 6.45) is 2.96. The van der Waals surface area contributed by atoms with E-state index < -0.39 is 0 Å². The van der Waals surface area contributed by atoms with Crippen molar-refractivity contribution in [3.8, 4) is 11.5 Å². The van der Waals surface area contributed by atoms with Gasteiger partial charge in [-0.05, 0) is 62.9 Å². The largest absolute Gasteiger partial charge is 0.496 e. The summed E-state index contributed by atoms with van der Waals surface area (Å²) in [6, 6.07) is 9.87. The van der Waals surface area contributed by atoms with Crippen molar-refractivity contribution in [2.24, 2.45) is 4.99 Å². The average molecular weight is 401 g/mol. The predicted octanol–water partition coefficient (Wildman–Crippen LogP) is 6.22. The van der Waals surface area contributed by atoms with Gasteiger partial charge in [0.15, 0.2) is 0 Å². The van der Waals surface area contributed by atoms with Gasteiger partial charge in [0.2, 0.25) is 0 Å². The minimum Gasteiger partial charge on any atom is -0.496 e. The standard InChI is InChI=1S/C23H29ClN2O2/c1-7-26-20-12-22(28-6)16(10-18(20)15(2)13-23(26,3)4)14-25-17-8-9-21(27-5)19(24)11-17/h8-12,14-15H,7,13H2,1-6H3. The Bertz CT molecular complexity index is 892. The second-order valence-electron chi connectivity index (χ2n) is 7.89. The van der Waals surface area contributed by atoms with Crippen LogP contribution in [0.2, 0.25) is 5.02 Å². The van der Waals surface area contributed by atoms with E-state index in [-0.39, 0.29) is 5.54 Å². The lowest BCUT2D eigenvalue weighted by molar-refractivity contribution is 0.377. The molecule has 1 aliphatic rings. The highest BCUT2D eigenvalue weighted by atomic mass is 35.5. The summed E-state index contributed by atoms with van der Waals surface area (Å²) in [4.78, 5) is 7.07. The molecular weight excluding hydrogens is 372 g/mol. The van der Waals surface area contributed by atoms with E-state index in [1.807, 2.05) is 18.3 Å². The molecule has 1 aliphatic heterocycles. The fourth-order valence-corrected chi connectivity index (χ4v) is 4.54. The van der Waals surface area contributed by atoms with Gasteiger partial charge in [0, 0.05) is 35.6 Å². The van der Waals surface area contributed by atoms with Gasteiger partial charge in [-0.15, -0.1) is 0 Å². The number of hydrogen-bond donors (Lipinski definition) is 0. The number of rotatable bonds is 5. The van der Waals surface area contributed by atoms with Gasteiger partial charge in [-0.1, -0.05) is 18.5 Å². The van der Waals surface area contributed by atoms with E-state index in [1.54, 1.807) is 20.3 Å². The predicted molar refractivity (Wildman–Crippen MR) is 118 cm³/mol. The lowest BCUT2D eigenvalue weighted by Crippen LogP contribution is -2.48. The Hall–Kier alpha value is -2.20. The van der Waals surface area contributed by atoms with Crippen LogP contribution in [-0.4, -0.2) is 32.5 Å². The molecule has 0 bridgehead atoms. The molecule has 5 heteroatoms. The number of nitrogens with zero attached hydrogens (tertiary/aromatic N) is 2. The Morgan fingerprint density at radius 1 is 1.18 bits per heavy atom. The van der Waals surface area contributed by atoms with Gasteiger partial charge in [-0.2, -0.15) is 0 Å². The normalized spacial score (nSPS) is 18.2. The summed E-state index contributed by atoms with van der Waals surface area (Å²) in [6.45, 7) is 10.1. The summed E-state index contributed by atoms with van der Waals surface area (Å²) in [5.74, 6) is 1.94. The van der Waals surface area contributed by atoms with Crippen LogP contribution >= 0.6 is 11.6 Å². The third-order valence-corrected chi connectivity index (χ3v) is 5.84. The van der Waals surface area contributed by atoms with Crippen molar-refractivity contribution in [1.82, 2.24) is 0 Å². The summed E-state index contributed by atoms with van der Waals surface area (Å²) in [7, 11) is 3.31. The maximum Gasteiger partial charge on any atom is 0.137 e. The molecule has 0 aliphatic carbocycles. The molecule has 0 fully saturated rings. The van der Waals surface area contributed by atoms with Gasteiger partial charge in [0.1, 0.15) is 11.5 Å². The first-order valence-corrected chi connectivity index (χ1v) is 10.1. The van der Waals surface area contributed by atoms with E-state index in [1.165, 1.54) is 11.3 Å². The Balaban J connectivity index is 2.01. The average Bonchev–Trinajstić information content (AvgIpc) is 2.65. The lowest BCUT2D eigenvalue weighted by Gasteiger charge is -2.47. The highest BCUT2D eigenvalue weighted by molar-refractivity contribution is 6.32. The summed E-state index contributed by atoms with van der Waals surface area (Å²) in [5.41, 5.74) is 4.47. The first-order valence-electron chi connectivity index (χ1n) is 9.68. The molecule has 0 aromatic heterocycles. The second kappa shape index (κ2) is 8.04. The van der Waals surface area contributed by atoms with Crippen molar-refractivity contribution >= 4 is 29.2 Å². The van der Waals surface area contributed by atoms with E-state index in [2.05, 4.69) is 49.7 Å². The van der Waals surface area contributed by atoms with Crippen molar-refractivity contribution in [2.75, 3.05) is 25.7 Å². The number of methoxy groups -OCH3 is 2. The topological polar surface area (TPSA) is 34.1 Å². The third kappa shape index (κ3) is 3.83. The third-order valence-electron chi connectivity index (χ3n) is 5.54. The molecule has 0 amide bonds. The van der Waals surface area contributed by atoms with Crippen LogP contribution in [0.3, 0.4) is 0 Å². The maximum atomic E-state index is 6.21. The van der Waals surface area contributed by atoms with Crippen molar-refractivity contribution < 1.29 is 9.47 Å². The fraction of sp³-hybridized carbons (Fsp3) is 0.435. The summed E-state index contributed by atoms with van der Waals surface area (Å²) in [5, 5.41) is 0.545. The molecule has 0 radical (unpaired) electrons. The highest BCUT2D eigenvalue weighted by Gasteiger charge is 2.36. The Kier molecular flexibility index (Phi) is 5.90. The van der Waals surface area contributed by atoms with Gasteiger partial charge in [0.25, 0.3) is 0 Å². The number of ether oxygens (including phenoxy) is 2. The van der Waals surface area contributed by atoms with Crippen LogP contribution in [0.15, 0.2) is 35.3 Å². The van der Waals surface area contributed by atoms with E-state index in [9.17, 15) is 0 Å². The van der Waals surface area contributed by atoms with Crippen LogP contribution in [-0.2, 0) is 0 Å². The highest BCUT2D eigenvalue weighted by Crippen LogP contribution is 2.45. The molecule has 1 unspecified atom stereocenters. The van der Waals surface area contributed by atoms with Gasteiger partial charge in [-0.3, -0.25) is 4.99 Å². The van der Waals surface area contributed by atoms with Crippen molar-refractivity contribution in [3.63, 3.8) is 0 Å². The van der Waals surface area contributed by atoms with Crippen LogP contribution in [0.25, 0.3) is 0 Å². The van der Waals surface area contributed by atoms with Crippen LogP contribution < -0.4 is 14.4 Å². The minimum absolute atomic E-state index is 0.127. The molecule has 4 nitrogen and oxygen atoms in total. The molecule has 0 saturated heterocycles. The second-order valence-corrected chi connectivity index (χ2v) is 8.30. The van der Waals surface area contributed by atoms with Crippen LogP contribution in [0.1, 0.15) is 51.2 Å². The van der Waals surface area contributed by atoms with Crippen LogP contribution in [0, 0.1) is 0 Å². The molecule has 2 aromatic carbocycles. The molecule has 0 spiro atoms. The molecule has 28 heavy (non-hydrogen) atoms. The summed E-state index contributed by atoms with van der Waals surface area (Å²) < 4.78 is 10.9. The molecule has 2 aromatic rings. The van der Waals surface area contributed by atoms with E-state index >= 15 is 0 Å². The summed E-state index contributed by atoms with van der Waals surface area (Å²) >= 11 is 6.21. The van der Waals surface area contributed by atoms with Gasteiger partial charge >= 0.3 is 0 Å². The molecule has 0 saturated carbocycles. The zero-order chi connectivity index (χ0) is 20.5. The monoisotopic (exact) mass is 400 g/mol. The molecule has 150 valence electrons. The SMILES string of the molecule is CCN1c2cc(OC)c(C=Nc3ccc(OC)c(Cl)c3)cc2C(C)CC1(C)C. The zero-order valence-electron chi connectivity index (χ0n) is 17.5. The van der Waals surface area contributed by atoms with Gasteiger partial charge < -0.3 is 14.4 Å². The Morgan fingerprint density at radius 3 is 2.50 bits per heavy atom. The number of halogens is 1. The molecule has 3 rings (SSSR count). The van der Waals surface area contributed by atoms with Crippen molar-refractivity contribution in [3.05, 3.63) is 46.5 Å². The van der Waals surface area contributed by atoms with E-state index in [0.29, 0.717) is 16.7 Å². The number of hydrogen-bond acceptors (Lipinski definition) is 4. The van der Waals surface area contributed by atoms with E-state index in [4.69, 9.17) is 21.1 Å².